The van der Waals surface area contributed by atoms with E-state index in [-0.39, 0.29) is 24.5 Å². The van der Waals surface area contributed by atoms with Gasteiger partial charge in [-0.3, -0.25) is 9.59 Å². The number of amides is 2. The van der Waals surface area contributed by atoms with Crippen molar-refractivity contribution in [2.24, 2.45) is 0 Å². The van der Waals surface area contributed by atoms with Gasteiger partial charge in [0.25, 0.3) is 11.8 Å². The molecular formula is C22H28N2O3. The van der Waals surface area contributed by atoms with E-state index in [0.29, 0.717) is 17.2 Å². The number of benzene rings is 2. The summed E-state index contributed by atoms with van der Waals surface area (Å²) in [5, 5.41) is 5.70. The van der Waals surface area contributed by atoms with Gasteiger partial charge in [-0.25, -0.2) is 0 Å². The second-order valence-electron chi connectivity index (χ2n) is 6.89. The SMILES string of the molecule is CCC(C)NC(=O)c1ccc(NC(=O)COc2ccccc2C(C)C)cc1. The number of para-hydroxylation sites is 1. The van der Waals surface area contributed by atoms with E-state index in [1.165, 1.54) is 0 Å². The van der Waals surface area contributed by atoms with Gasteiger partial charge in [-0.2, -0.15) is 0 Å². The number of anilines is 1. The fourth-order valence-electron chi connectivity index (χ4n) is 2.54. The number of rotatable bonds is 8. The van der Waals surface area contributed by atoms with Gasteiger partial charge in [-0.1, -0.05) is 39.0 Å². The van der Waals surface area contributed by atoms with Crippen LogP contribution in [0.2, 0.25) is 0 Å². The molecule has 0 saturated carbocycles. The zero-order chi connectivity index (χ0) is 19.8. The van der Waals surface area contributed by atoms with Gasteiger partial charge in [0, 0.05) is 17.3 Å². The summed E-state index contributed by atoms with van der Waals surface area (Å²) in [5.74, 6) is 0.680. The second-order valence-corrected chi connectivity index (χ2v) is 6.89. The first-order valence-electron chi connectivity index (χ1n) is 9.33. The lowest BCUT2D eigenvalue weighted by molar-refractivity contribution is -0.118. The molecule has 5 nitrogen and oxygen atoms in total. The minimum atomic E-state index is -0.245. The standard InChI is InChI=1S/C22H28N2O3/c1-5-16(4)23-22(26)17-10-12-18(13-11-17)24-21(25)14-27-20-9-7-6-8-19(20)15(2)3/h6-13,15-16H,5,14H2,1-4H3,(H,23,26)(H,24,25). The van der Waals surface area contributed by atoms with Gasteiger partial charge in [0.1, 0.15) is 5.75 Å². The summed E-state index contributed by atoms with van der Waals surface area (Å²) >= 11 is 0. The highest BCUT2D eigenvalue weighted by atomic mass is 16.5. The molecule has 2 rings (SSSR count). The van der Waals surface area contributed by atoms with Crippen molar-refractivity contribution in [3.8, 4) is 5.75 Å². The summed E-state index contributed by atoms with van der Waals surface area (Å²) in [6.07, 6.45) is 0.875. The molecule has 0 spiro atoms. The Bertz CT molecular complexity index is 769. The minimum absolute atomic E-state index is 0.0695. The van der Waals surface area contributed by atoms with Crippen LogP contribution in [-0.2, 0) is 4.79 Å². The zero-order valence-electron chi connectivity index (χ0n) is 16.4. The first-order valence-corrected chi connectivity index (χ1v) is 9.33. The Balaban J connectivity index is 1.90. The van der Waals surface area contributed by atoms with Crippen molar-refractivity contribution in [2.75, 3.05) is 11.9 Å². The molecule has 0 aliphatic heterocycles. The third-order valence-electron chi connectivity index (χ3n) is 4.32. The quantitative estimate of drug-likeness (QED) is 0.728. The topological polar surface area (TPSA) is 67.4 Å². The molecule has 1 atom stereocenters. The minimum Gasteiger partial charge on any atom is -0.483 e. The zero-order valence-corrected chi connectivity index (χ0v) is 16.4. The maximum absolute atomic E-state index is 12.2. The first kappa shape index (κ1) is 20.5. The van der Waals surface area contributed by atoms with E-state index in [4.69, 9.17) is 4.74 Å². The van der Waals surface area contributed by atoms with E-state index in [2.05, 4.69) is 24.5 Å². The number of hydrogen-bond acceptors (Lipinski definition) is 3. The Hall–Kier alpha value is -2.82. The molecule has 2 aromatic carbocycles. The van der Waals surface area contributed by atoms with Crippen LogP contribution in [0, 0.1) is 0 Å². The highest BCUT2D eigenvalue weighted by Crippen LogP contribution is 2.25. The summed E-state index contributed by atoms with van der Waals surface area (Å²) in [6, 6.07) is 14.7. The smallest absolute Gasteiger partial charge is 0.262 e. The lowest BCUT2D eigenvalue weighted by Gasteiger charge is -2.14. The number of nitrogens with one attached hydrogen (secondary N) is 2. The molecular weight excluding hydrogens is 340 g/mol. The molecule has 0 fully saturated rings. The number of carbonyl (C=O) groups is 2. The van der Waals surface area contributed by atoms with E-state index >= 15 is 0 Å². The largest absolute Gasteiger partial charge is 0.483 e. The average molecular weight is 368 g/mol. The summed E-state index contributed by atoms with van der Waals surface area (Å²) in [5.41, 5.74) is 2.26. The Labute approximate surface area is 161 Å². The molecule has 2 N–H and O–H groups in total. The maximum atomic E-state index is 12.2. The fourth-order valence-corrected chi connectivity index (χ4v) is 2.54. The molecule has 0 aliphatic rings. The van der Waals surface area contributed by atoms with E-state index in [1.54, 1.807) is 24.3 Å². The van der Waals surface area contributed by atoms with Gasteiger partial charge < -0.3 is 15.4 Å². The van der Waals surface area contributed by atoms with Crippen LogP contribution >= 0.6 is 0 Å². The molecule has 5 heteroatoms. The number of ether oxygens (including phenoxy) is 1. The molecule has 0 aromatic heterocycles. The van der Waals surface area contributed by atoms with Crippen molar-refractivity contribution in [3.63, 3.8) is 0 Å². The van der Waals surface area contributed by atoms with Gasteiger partial charge in [0.05, 0.1) is 0 Å². The third kappa shape index (κ3) is 6.13. The van der Waals surface area contributed by atoms with Crippen LogP contribution in [0.1, 0.15) is 56.0 Å². The van der Waals surface area contributed by atoms with Crippen LogP contribution in [0.25, 0.3) is 0 Å². The molecule has 0 radical (unpaired) electrons. The predicted octanol–water partition coefficient (Wildman–Crippen LogP) is 4.36. The fraction of sp³-hybridized carbons (Fsp3) is 0.364. The van der Waals surface area contributed by atoms with E-state index < -0.39 is 0 Å². The Kier molecular flexibility index (Phi) is 7.41. The molecule has 27 heavy (non-hydrogen) atoms. The maximum Gasteiger partial charge on any atom is 0.262 e. The van der Waals surface area contributed by atoms with Gasteiger partial charge in [-0.15, -0.1) is 0 Å². The Morgan fingerprint density at radius 2 is 1.67 bits per heavy atom. The van der Waals surface area contributed by atoms with Crippen molar-refractivity contribution < 1.29 is 14.3 Å². The molecule has 144 valence electrons. The molecule has 0 heterocycles. The summed E-state index contributed by atoms with van der Waals surface area (Å²) in [6.45, 7) is 8.08. The number of carbonyl (C=O) groups excluding carboxylic acids is 2. The van der Waals surface area contributed by atoms with Crippen LogP contribution in [0.15, 0.2) is 48.5 Å². The van der Waals surface area contributed by atoms with Crippen molar-refractivity contribution >= 4 is 17.5 Å². The first-order chi connectivity index (χ1) is 12.9. The van der Waals surface area contributed by atoms with Crippen LogP contribution in [0.5, 0.6) is 5.75 Å². The van der Waals surface area contributed by atoms with E-state index in [9.17, 15) is 9.59 Å². The number of hydrogen-bond donors (Lipinski definition) is 2. The second kappa shape index (κ2) is 9.76. The summed E-state index contributed by atoms with van der Waals surface area (Å²) in [4.78, 5) is 24.2. The average Bonchev–Trinajstić information content (AvgIpc) is 2.66. The van der Waals surface area contributed by atoms with E-state index in [0.717, 1.165) is 17.7 Å². The molecule has 1 unspecified atom stereocenters. The monoisotopic (exact) mass is 368 g/mol. The van der Waals surface area contributed by atoms with Crippen molar-refractivity contribution in [1.29, 1.82) is 0 Å². The Morgan fingerprint density at radius 3 is 2.30 bits per heavy atom. The predicted molar refractivity (Wildman–Crippen MR) is 108 cm³/mol. The lowest BCUT2D eigenvalue weighted by Crippen LogP contribution is -2.31. The molecule has 0 bridgehead atoms. The van der Waals surface area contributed by atoms with Gasteiger partial charge in [0.2, 0.25) is 0 Å². The highest BCUT2D eigenvalue weighted by Gasteiger charge is 2.11. The molecule has 0 saturated heterocycles. The van der Waals surface area contributed by atoms with Gasteiger partial charge >= 0.3 is 0 Å². The Morgan fingerprint density at radius 1 is 1.00 bits per heavy atom. The van der Waals surface area contributed by atoms with Crippen LogP contribution < -0.4 is 15.4 Å². The third-order valence-corrected chi connectivity index (χ3v) is 4.32. The molecule has 0 aliphatic carbocycles. The summed E-state index contributed by atoms with van der Waals surface area (Å²) < 4.78 is 5.67. The van der Waals surface area contributed by atoms with Crippen molar-refractivity contribution in [2.45, 2.75) is 46.1 Å². The molecule has 2 amide bonds. The van der Waals surface area contributed by atoms with Crippen LogP contribution in [0.4, 0.5) is 5.69 Å². The lowest BCUT2D eigenvalue weighted by atomic mass is 10.0. The molecule has 2 aromatic rings. The van der Waals surface area contributed by atoms with Gasteiger partial charge in [-0.05, 0) is 55.2 Å². The van der Waals surface area contributed by atoms with Crippen LogP contribution in [-0.4, -0.2) is 24.5 Å². The van der Waals surface area contributed by atoms with Crippen LogP contribution in [0.3, 0.4) is 0 Å². The highest BCUT2D eigenvalue weighted by molar-refractivity contribution is 5.96. The van der Waals surface area contributed by atoms with Gasteiger partial charge in [0.15, 0.2) is 6.61 Å². The van der Waals surface area contributed by atoms with E-state index in [1.807, 2.05) is 38.1 Å². The van der Waals surface area contributed by atoms with Crippen molar-refractivity contribution in [3.05, 3.63) is 59.7 Å². The van der Waals surface area contributed by atoms with Crippen molar-refractivity contribution in [1.82, 2.24) is 5.32 Å². The summed E-state index contributed by atoms with van der Waals surface area (Å²) in [7, 11) is 0. The normalized spacial score (nSPS) is 11.7.